The maximum Gasteiger partial charge on any atom is 0.0481 e. The van der Waals surface area contributed by atoms with Crippen LogP contribution in [0.2, 0.25) is 0 Å². The Bertz CT molecular complexity index is 309. The van der Waals surface area contributed by atoms with Crippen LogP contribution < -0.4 is 5.32 Å². The van der Waals surface area contributed by atoms with Gasteiger partial charge in [0.05, 0.1) is 0 Å². The molecule has 1 rings (SSSR count). The van der Waals surface area contributed by atoms with Crippen LogP contribution in [0.15, 0.2) is 24.3 Å². The van der Waals surface area contributed by atoms with Gasteiger partial charge in [0, 0.05) is 25.4 Å². The fourth-order valence-corrected chi connectivity index (χ4v) is 1.64. The smallest absolute Gasteiger partial charge is 0.0481 e. The van der Waals surface area contributed by atoms with Gasteiger partial charge in [0.25, 0.3) is 0 Å². The molecule has 2 nitrogen and oxygen atoms in total. The number of nitrogens with one attached hydrogen (secondary N) is 1. The second kappa shape index (κ2) is 6.54. The number of methoxy groups -OCH3 is 1. The molecule has 0 bridgehead atoms. The maximum absolute atomic E-state index is 5.07. The third-order valence-electron chi connectivity index (χ3n) is 2.72. The van der Waals surface area contributed by atoms with Gasteiger partial charge in [0.2, 0.25) is 0 Å². The molecule has 0 spiro atoms. The van der Waals surface area contributed by atoms with Gasteiger partial charge in [-0.2, -0.15) is 0 Å². The second-order valence-electron chi connectivity index (χ2n) is 4.61. The predicted octanol–water partition coefficient (Wildman–Crippen LogP) is 3.65. The molecule has 0 aliphatic carbocycles. The van der Waals surface area contributed by atoms with Crippen molar-refractivity contribution in [1.29, 1.82) is 0 Å². The van der Waals surface area contributed by atoms with Crippen molar-refractivity contribution < 1.29 is 4.74 Å². The lowest BCUT2D eigenvalue weighted by Gasteiger charge is -2.16. The average Bonchev–Trinajstić information content (AvgIpc) is 2.26. The highest BCUT2D eigenvalue weighted by atomic mass is 16.5. The summed E-state index contributed by atoms with van der Waals surface area (Å²) in [7, 11) is 1.74. The van der Waals surface area contributed by atoms with E-state index in [1.165, 1.54) is 11.3 Å². The molecule has 0 aliphatic rings. The van der Waals surface area contributed by atoms with Gasteiger partial charge in [-0.3, -0.25) is 0 Å². The van der Waals surface area contributed by atoms with Crippen LogP contribution in [0, 0.1) is 0 Å². The molecule has 16 heavy (non-hydrogen) atoms. The Kier molecular flexibility index (Phi) is 5.33. The molecule has 1 aromatic rings. The SMILES string of the molecule is COCCC(C)Nc1cccc(C(C)C)c1. The molecule has 1 unspecified atom stereocenters. The van der Waals surface area contributed by atoms with E-state index < -0.39 is 0 Å². The van der Waals surface area contributed by atoms with Crippen LogP contribution in [0.4, 0.5) is 5.69 Å². The molecule has 0 saturated heterocycles. The second-order valence-corrected chi connectivity index (χ2v) is 4.61. The third kappa shape index (κ3) is 4.23. The average molecular weight is 221 g/mol. The quantitative estimate of drug-likeness (QED) is 0.791. The first-order valence-electron chi connectivity index (χ1n) is 5.99. The molecule has 1 aromatic carbocycles. The third-order valence-corrected chi connectivity index (χ3v) is 2.72. The zero-order chi connectivity index (χ0) is 12.0. The van der Waals surface area contributed by atoms with Crippen LogP contribution in [0.1, 0.15) is 38.7 Å². The molecule has 0 aliphatic heterocycles. The largest absolute Gasteiger partial charge is 0.385 e. The number of ether oxygens (including phenoxy) is 1. The van der Waals surface area contributed by atoms with E-state index in [1.807, 2.05) is 0 Å². The summed E-state index contributed by atoms with van der Waals surface area (Å²) in [6, 6.07) is 9.09. The molecule has 0 radical (unpaired) electrons. The Balaban J connectivity index is 2.56. The van der Waals surface area contributed by atoms with Crippen LogP contribution in [-0.4, -0.2) is 19.8 Å². The highest BCUT2D eigenvalue weighted by molar-refractivity contribution is 5.47. The Morgan fingerprint density at radius 2 is 2.00 bits per heavy atom. The molecule has 1 atom stereocenters. The first kappa shape index (κ1) is 13.0. The van der Waals surface area contributed by atoms with E-state index in [1.54, 1.807) is 7.11 Å². The lowest BCUT2D eigenvalue weighted by molar-refractivity contribution is 0.191. The van der Waals surface area contributed by atoms with Gasteiger partial charge in [-0.1, -0.05) is 26.0 Å². The van der Waals surface area contributed by atoms with Gasteiger partial charge in [-0.25, -0.2) is 0 Å². The Hall–Kier alpha value is -1.02. The van der Waals surface area contributed by atoms with Gasteiger partial charge in [0.15, 0.2) is 0 Å². The van der Waals surface area contributed by atoms with Crippen LogP contribution in [0.25, 0.3) is 0 Å². The summed E-state index contributed by atoms with van der Waals surface area (Å²) in [5.74, 6) is 0.580. The van der Waals surface area contributed by atoms with Gasteiger partial charge in [-0.05, 0) is 37.0 Å². The van der Waals surface area contributed by atoms with Gasteiger partial charge >= 0.3 is 0 Å². The molecule has 0 saturated carbocycles. The van der Waals surface area contributed by atoms with Gasteiger partial charge in [-0.15, -0.1) is 0 Å². The molecule has 2 heteroatoms. The summed E-state index contributed by atoms with van der Waals surface area (Å²) in [5.41, 5.74) is 2.58. The normalized spacial score (nSPS) is 12.8. The highest BCUT2D eigenvalue weighted by Crippen LogP contribution is 2.19. The lowest BCUT2D eigenvalue weighted by Crippen LogP contribution is -2.17. The predicted molar refractivity (Wildman–Crippen MR) is 70.1 cm³/mol. The zero-order valence-corrected chi connectivity index (χ0v) is 10.8. The highest BCUT2D eigenvalue weighted by Gasteiger charge is 2.03. The van der Waals surface area contributed by atoms with Crippen LogP contribution in [0.5, 0.6) is 0 Å². The Morgan fingerprint density at radius 3 is 2.62 bits per heavy atom. The minimum Gasteiger partial charge on any atom is -0.385 e. The summed E-state index contributed by atoms with van der Waals surface area (Å²) in [6.45, 7) is 7.42. The first-order valence-corrected chi connectivity index (χ1v) is 5.99. The lowest BCUT2D eigenvalue weighted by atomic mass is 10.0. The molecular weight excluding hydrogens is 198 g/mol. The summed E-state index contributed by atoms with van der Waals surface area (Å²) in [5, 5.41) is 3.49. The van der Waals surface area contributed by atoms with Crippen molar-refractivity contribution in [2.45, 2.75) is 39.2 Å². The van der Waals surface area contributed by atoms with Crippen molar-refractivity contribution in [3.63, 3.8) is 0 Å². The van der Waals surface area contributed by atoms with Gasteiger partial charge < -0.3 is 10.1 Å². The molecule has 0 aromatic heterocycles. The molecule has 1 N–H and O–H groups in total. The molecule has 0 heterocycles. The standard InChI is InChI=1S/C14H23NO/c1-11(2)13-6-5-7-14(10-13)15-12(3)8-9-16-4/h5-7,10-12,15H,8-9H2,1-4H3. The Labute approximate surface area is 99.0 Å². The summed E-state index contributed by atoms with van der Waals surface area (Å²) >= 11 is 0. The van der Waals surface area contributed by atoms with Crippen molar-refractivity contribution in [2.75, 3.05) is 19.0 Å². The van der Waals surface area contributed by atoms with Crippen molar-refractivity contribution in [3.8, 4) is 0 Å². The topological polar surface area (TPSA) is 21.3 Å². The van der Waals surface area contributed by atoms with Crippen molar-refractivity contribution in [3.05, 3.63) is 29.8 Å². The van der Waals surface area contributed by atoms with Gasteiger partial charge in [0.1, 0.15) is 0 Å². The summed E-state index contributed by atoms with van der Waals surface area (Å²) in [4.78, 5) is 0. The van der Waals surface area contributed by atoms with E-state index in [-0.39, 0.29) is 0 Å². The minimum absolute atomic E-state index is 0.447. The molecular formula is C14H23NO. The zero-order valence-electron chi connectivity index (χ0n) is 10.8. The Morgan fingerprint density at radius 1 is 1.25 bits per heavy atom. The van der Waals surface area contributed by atoms with E-state index in [2.05, 4.69) is 50.4 Å². The number of hydrogen-bond donors (Lipinski definition) is 1. The van der Waals surface area contributed by atoms with Crippen LogP contribution >= 0.6 is 0 Å². The maximum atomic E-state index is 5.07. The fourth-order valence-electron chi connectivity index (χ4n) is 1.64. The molecule has 0 amide bonds. The number of benzene rings is 1. The first-order chi connectivity index (χ1) is 7.63. The summed E-state index contributed by atoms with van der Waals surface area (Å²) in [6.07, 6.45) is 1.03. The minimum atomic E-state index is 0.447. The number of hydrogen-bond acceptors (Lipinski definition) is 2. The van der Waals surface area contributed by atoms with E-state index >= 15 is 0 Å². The number of anilines is 1. The van der Waals surface area contributed by atoms with E-state index in [4.69, 9.17) is 4.74 Å². The van der Waals surface area contributed by atoms with Crippen molar-refractivity contribution in [1.82, 2.24) is 0 Å². The molecule has 0 fully saturated rings. The van der Waals surface area contributed by atoms with E-state index in [9.17, 15) is 0 Å². The number of rotatable bonds is 6. The van der Waals surface area contributed by atoms with Crippen molar-refractivity contribution >= 4 is 5.69 Å². The van der Waals surface area contributed by atoms with Crippen LogP contribution in [0.3, 0.4) is 0 Å². The van der Waals surface area contributed by atoms with E-state index in [0.717, 1.165) is 13.0 Å². The fraction of sp³-hybridized carbons (Fsp3) is 0.571. The van der Waals surface area contributed by atoms with E-state index in [0.29, 0.717) is 12.0 Å². The monoisotopic (exact) mass is 221 g/mol. The molecule has 90 valence electrons. The summed E-state index contributed by atoms with van der Waals surface area (Å²) < 4.78 is 5.07. The van der Waals surface area contributed by atoms with Crippen molar-refractivity contribution in [2.24, 2.45) is 0 Å². The van der Waals surface area contributed by atoms with Crippen LogP contribution in [-0.2, 0) is 4.74 Å².